The Labute approximate surface area is 121 Å². The zero-order valence-corrected chi connectivity index (χ0v) is 12.0. The van der Waals surface area contributed by atoms with Crippen molar-refractivity contribution >= 4 is 23.1 Å². The molecule has 0 aliphatic heterocycles. The molecule has 0 aliphatic rings. The quantitative estimate of drug-likeness (QED) is 0.784. The van der Waals surface area contributed by atoms with Gasteiger partial charge in [0.25, 0.3) is 0 Å². The van der Waals surface area contributed by atoms with Gasteiger partial charge in [0, 0.05) is 11.8 Å². The summed E-state index contributed by atoms with van der Waals surface area (Å²) in [6.45, 7) is 1.99. The van der Waals surface area contributed by atoms with E-state index in [1.165, 1.54) is 0 Å². The van der Waals surface area contributed by atoms with Gasteiger partial charge in [0.15, 0.2) is 0 Å². The minimum atomic E-state index is 0.576. The summed E-state index contributed by atoms with van der Waals surface area (Å²) in [4.78, 5) is 4.56. The van der Waals surface area contributed by atoms with Crippen LogP contribution in [0.3, 0.4) is 0 Å². The number of nitrogens with two attached hydrogens (primary N) is 1. The number of anilines is 1. The van der Waals surface area contributed by atoms with Gasteiger partial charge in [0.2, 0.25) is 0 Å². The van der Waals surface area contributed by atoms with E-state index in [2.05, 4.69) is 4.98 Å². The summed E-state index contributed by atoms with van der Waals surface area (Å²) in [5, 5.41) is 0.624. The number of rotatable bonds is 2. The molecule has 0 atom stereocenters. The molecule has 2 aromatic heterocycles. The third-order valence-corrected chi connectivity index (χ3v) is 3.51. The molecule has 2 N–H and O–H groups in total. The molecular formula is C15H14ClN3O. The van der Waals surface area contributed by atoms with Crippen molar-refractivity contribution in [2.75, 3.05) is 12.8 Å². The summed E-state index contributed by atoms with van der Waals surface area (Å²) < 4.78 is 7.06. The number of pyridine rings is 1. The van der Waals surface area contributed by atoms with E-state index in [4.69, 9.17) is 22.1 Å². The standard InChI is InChI=1S/C15H14ClN3O/c1-9-7-10(3-5-12(9)20-2)14-15(17)19-8-11(16)4-6-13(19)18-14/h3-8H,17H2,1-2H3. The van der Waals surface area contributed by atoms with Crippen molar-refractivity contribution in [1.82, 2.24) is 9.38 Å². The fraction of sp³-hybridized carbons (Fsp3) is 0.133. The van der Waals surface area contributed by atoms with Crippen molar-refractivity contribution in [1.29, 1.82) is 0 Å². The Balaban J connectivity index is 2.19. The van der Waals surface area contributed by atoms with Crippen LogP contribution >= 0.6 is 11.6 Å². The Kier molecular flexibility index (Phi) is 3.03. The van der Waals surface area contributed by atoms with Gasteiger partial charge in [-0.1, -0.05) is 11.6 Å². The Morgan fingerprint density at radius 2 is 2.05 bits per heavy atom. The van der Waals surface area contributed by atoms with Gasteiger partial charge in [-0.2, -0.15) is 0 Å². The van der Waals surface area contributed by atoms with Gasteiger partial charge in [-0.15, -0.1) is 0 Å². The SMILES string of the molecule is COc1ccc(-c2nc3ccc(Cl)cn3c2N)cc1C. The summed E-state index contributed by atoms with van der Waals surface area (Å²) in [5.74, 6) is 1.42. The second-order valence-electron chi connectivity index (χ2n) is 4.61. The molecule has 0 fully saturated rings. The zero-order valence-electron chi connectivity index (χ0n) is 11.2. The van der Waals surface area contributed by atoms with Gasteiger partial charge in [0.1, 0.15) is 22.9 Å². The van der Waals surface area contributed by atoms with E-state index in [1.807, 2.05) is 31.2 Å². The first kappa shape index (κ1) is 12.8. The number of imidazole rings is 1. The number of nitrogens with zero attached hydrogens (tertiary/aromatic N) is 2. The minimum Gasteiger partial charge on any atom is -0.496 e. The number of aryl methyl sites for hydroxylation is 1. The summed E-state index contributed by atoms with van der Waals surface area (Å²) in [7, 11) is 1.66. The van der Waals surface area contributed by atoms with Crippen LogP contribution in [0.15, 0.2) is 36.5 Å². The van der Waals surface area contributed by atoms with E-state index >= 15 is 0 Å². The molecule has 0 saturated heterocycles. The molecule has 0 saturated carbocycles. The molecule has 5 heteroatoms. The average molecular weight is 288 g/mol. The highest BCUT2D eigenvalue weighted by molar-refractivity contribution is 6.30. The van der Waals surface area contributed by atoms with Crippen LogP contribution in [-0.2, 0) is 0 Å². The average Bonchev–Trinajstić information content (AvgIpc) is 2.76. The highest BCUT2D eigenvalue weighted by Crippen LogP contribution is 2.30. The van der Waals surface area contributed by atoms with Gasteiger partial charge >= 0.3 is 0 Å². The number of ether oxygens (including phenoxy) is 1. The molecule has 0 bridgehead atoms. The summed E-state index contributed by atoms with van der Waals surface area (Å²) >= 11 is 5.99. The maximum absolute atomic E-state index is 6.17. The van der Waals surface area contributed by atoms with Crippen molar-refractivity contribution in [2.24, 2.45) is 0 Å². The first-order valence-corrected chi connectivity index (χ1v) is 6.56. The van der Waals surface area contributed by atoms with Crippen molar-refractivity contribution in [3.63, 3.8) is 0 Å². The summed E-state index contributed by atoms with van der Waals surface area (Å²) in [6.07, 6.45) is 1.76. The molecule has 1 aromatic carbocycles. The number of fused-ring (bicyclic) bond motifs is 1. The Hall–Kier alpha value is -2.20. The molecule has 0 radical (unpaired) electrons. The molecule has 0 unspecified atom stereocenters. The van der Waals surface area contributed by atoms with Gasteiger partial charge in [-0.3, -0.25) is 4.40 Å². The first-order valence-electron chi connectivity index (χ1n) is 6.18. The minimum absolute atomic E-state index is 0.576. The third kappa shape index (κ3) is 1.98. The van der Waals surface area contributed by atoms with Gasteiger partial charge in [-0.25, -0.2) is 4.98 Å². The van der Waals surface area contributed by atoms with E-state index in [0.29, 0.717) is 10.8 Å². The highest BCUT2D eigenvalue weighted by Gasteiger charge is 2.12. The molecule has 3 aromatic rings. The number of nitrogen functional groups attached to an aromatic ring is 1. The lowest BCUT2D eigenvalue weighted by Gasteiger charge is -2.06. The van der Waals surface area contributed by atoms with Crippen LogP contribution in [0.2, 0.25) is 5.02 Å². The van der Waals surface area contributed by atoms with E-state index in [9.17, 15) is 0 Å². The monoisotopic (exact) mass is 287 g/mol. The second-order valence-corrected chi connectivity index (χ2v) is 5.04. The van der Waals surface area contributed by atoms with Crippen molar-refractivity contribution in [3.05, 3.63) is 47.1 Å². The molecule has 4 nitrogen and oxygen atoms in total. The normalized spacial score (nSPS) is 10.9. The maximum atomic E-state index is 6.17. The predicted molar refractivity (Wildman–Crippen MR) is 81.3 cm³/mol. The number of methoxy groups -OCH3 is 1. The van der Waals surface area contributed by atoms with Crippen LogP contribution in [0.1, 0.15) is 5.56 Å². The Morgan fingerprint density at radius 3 is 2.75 bits per heavy atom. The molecule has 3 rings (SSSR count). The molecule has 0 spiro atoms. The first-order chi connectivity index (χ1) is 9.60. The second kappa shape index (κ2) is 4.72. The number of aromatic nitrogens is 2. The fourth-order valence-corrected chi connectivity index (χ4v) is 2.44. The number of benzene rings is 1. The lowest BCUT2D eigenvalue weighted by atomic mass is 10.1. The third-order valence-electron chi connectivity index (χ3n) is 3.29. The predicted octanol–water partition coefficient (Wildman–Crippen LogP) is 3.55. The van der Waals surface area contributed by atoms with E-state index in [-0.39, 0.29) is 0 Å². The summed E-state index contributed by atoms with van der Waals surface area (Å²) in [6, 6.07) is 9.52. The molecule has 20 heavy (non-hydrogen) atoms. The van der Waals surface area contributed by atoms with Crippen molar-refractivity contribution in [2.45, 2.75) is 6.92 Å². The van der Waals surface area contributed by atoms with Gasteiger partial charge < -0.3 is 10.5 Å². The zero-order chi connectivity index (χ0) is 14.3. The van der Waals surface area contributed by atoms with Crippen LogP contribution in [-0.4, -0.2) is 16.5 Å². The van der Waals surface area contributed by atoms with Crippen LogP contribution < -0.4 is 10.5 Å². The number of halogens is 1. The Morgan fingerprint density at radius 1 is 1.25 bits per heavy atom. The highest BCUT2D eigenvalue weighted by atomic mass is 35.5. The fourth-order valence-electron chi connectivity index (χ4n) is 2.28. The lowest BCUT2D eigenvalue weighted by Crippen LogP contribution is -1.94. The number of hydrogen-bond donors (Lipinski definition) is 1. The van der Waals surface area contributed by atoms with E-state index in [1.54, 1.807) is 23.8 Å². The molecule has 2 heterocycles. The maximum Gasteiger partial charge on any atom is 0.139 e. The van der Waals surface area contributed by atoms with Crippen molar-refractivity contribution < 1.29 is 4.74 Å². The van der Waals surface area contributed by atoms with E-state index < -0.39 is 0 Å². The Bertz CT molecular complexity index is 795. The lowest BCUT2D eigenvalue weighted by molar-refractivity contribution is 0.412. The van der Waals surface area contributed by atoms with Crippen LogP contribution in [0, 0.1) is 6.92 Å². The van der Waals surface area contributed by atoms with Gasteiger partial charge in [-0.05, 0) is 42.8 Å². The molecule has 102 valence electrons. The van der Waals surface area contributed by atoms with Gasteiger partial charge in [0.05, 0.1) is 12.1 Å². The van der Waals surface area contributed by atoms with Crippen LogP contribution in [0.5, 0.6) is 5.75 Å². The molecule has 0 aliphatic carbocycles. The van der Waals surface area contributed by atoms with Crippen LogP contribution in [0.4, 0.5) is 5.82 Å². The van der Waals surface area contributed by atoms with Crippen LogP contribution in [0.25, 0.3) is 16.9 Å². The largest absolute Gasteiger partial charge is 0.496 e. The summed E-state index contributed by atoms with van der Waals surface area (Å²) in [5.41, 5.74) is 9.69. The molecular weight excluding hydrogens is 274 g/mol. The van der Waals surface area contributed by atoms with E-state index in [0.717, 1.165) is 28.2 Å². The topological polar surface area (TPSA) is 52.5 Å². The van der Waals surface area contributed by atoms with Crippen molar-refractivity contribution in [3.8, 4) is 17.0 Å². The number of hydrogen-bond acceptors (Lipinski definition) is 3. The molecule has 0 amide bonds. The smallest absolute Gasteiger partial charge is 0.139 e.